The topological polar surface area (TPSA) is 85.1 Å². The van der Waals surface area contributed by atoms with E-state index in [9.17, 15) is 10.4 Å². The van der Waals surface area contributed by atoms with Gasteiger partial charge in [-0.1, -0.05) is 11.6 Å². The lowest BCUT2D eigenvalue weighted by Gasteiger charge is -2.21. The molecule has 1 unspecified atom stereocenters. The molecule has 2 N–H and O–H groups in total. The van der Waals surface area contributed by atoms with Gasteiger partial charge in [-0.2, -0.15) is 5.26 Å². The molecule has 1 aliphatic rings. The van der Waals surface area contributed by atoms with Gasteiger partial charge in [0.25, 0.3) is 0 Å². The summed E-state index contributed by atoms with van der Waals surface area (Å²) in [6.45, 7) is 1.76. The Hall–Kier alpha value is -2.36. The Bertz CT molecular complexity index is 811. The molecule has 1 atom stereocenters. The summed E-state index contributed by atoms with van der Waals surface area (Å²) in [7, 11) is 1.76. The third-order valence-electron chi connectivity index (χ3n) is 3.33. The summed E-state index contributed by atoms with van der Waals surface area (Å²) in [6.07, 6.45) is 0. The van der Waals surface area contributed by atoms with Crippen molar-refractivity contribution in [1.82, 2.24) is 15.4 Å². The summed E-state index contributed by atoms with van der Waals surface area (Å²) >= 11 is 5.97. The van der Waals surface area contributed by atoms with E-state index in [1.807, 2.05) is 6.07 Å². The molecule has 1 aromatic heterocycles. The zero-order chi connectivity index (χ0) is 15.1. The van der Waals surface area contributed by atoms with E-state index in [1.54, 1.807) is 37.2 Å². The predicted molar refractivity (Wildman–Crippen MR) is 80.7 cm³/mol. The van der Waals surface area contributed by atoms with Crippen LogP contribution in [0.25, 0.3) is 16.6 Å². The number of nitrogens with zero attached hydrogens (tertiary/aromatic N) is 4. The van der Waals surface area contributed by atoms with Crippen molar-refractivity contribution < 1.29 is 5.11 Å². The minimum atomic E-state index is -0.410. The van der Waals surface area contributed by atoms with Crippen LogP contribution >= 0.6 is 11.6 Å². The van der Waals surface area contributed by atoms with Crippen molar-refractivity contribution in [2.75, 3.05) is 12.1 Å². The lowest BCUT2D eigenvalue weighted by atomic mass is 10.1. The van der Waals surface area contributed by atoms with E-state index in [1.165, 1.54) is 0 Å². The van der Waals surface area contributed by atoms with Crippen molar-refractivity contribution in [3.8, 4) is 6.07 Å². The van der Waals surface area contributed by atoms with Crippen LogP contribution in [0.1, 0.15) is 12.6 Å². The van der Waals surface area contributed by atoms with Gasteiger partial charge in [0.05, 0.1) is 17.1 Å². The molecule has 0 aliphatic carbocycles. The minimum absolute atomic E-state index is 0.0567. The molecule has 106 valence electrons. The Balaban J connectivity index is 2.36. The largest absolute Gasteiger partial charge is 0.509 e. The highest BCUT2D eigenvalue weighted by atomic mass is 35.5. The summed E-state index contributed by atoms with van der Waals surface area (Å²) in [5.74, 6) is 0.427. The molecule has 1 aliphatic heterocycles. The van der Waals surface area contributed by atoms with Crippen LogP contribution < -0.4 is 10.4 Å². The van der Waals surface area contributed by atoms with Crippen molar-refractivity contribution in [3.63, 3.8) is 0 Å². The molecule has 2 aromatic rings. The van der Waals surface area contributed by atoms with Crippen LogP contribution in [0.15, 0.2) is 24.0 Å². The van der Waals surface area contributed by atoms with E-state index in [2.05, 4.69) is 15.4 Å². The first-order valence-electron chi connectivity index (χ1n) is 6.32. The molecule has 21 heavy (non-hydrogen) atoms. The number of rotatable bonds is 0. The zero-order valence-corrected chi connectivity index (χ0v) is 12.2. The molecule has 0 spiro atoms. The van der Waals surface area contributed by atoms with Gasteiger partial charge in [-0.15, -0.1) is 0 Å². The Kier molecular flexibility index (Phi) is 3.16. The number of aromatic nitrogens is 2. The average Bonchev–Trinajstić information content (AvgIpc) is 2.54. The molecule has 6 nitrogen and oxygen atoms in total. The number of benzene rings is 1. The number of nitrogens with one attached hydrogen (secondary N) is 1. The van der Waals surface area contributed by atoms with Crippen LogP contribution in [0.2, 0.25) is 5.02 Å². The monoisotopic (exact) mass is 301 g/mol. The number of nitriles is 1. The second-order valence-corrected chi connectivity index (χ2v) is 5.25. The number of aliphatic hydroxyl groups is 1. The molecule has 7 heteroatoms. The van der Waals surface area contributed by atoms with E-state index in [0.717, 1.165) is 0 Å². The molecule has 2 heterocycles. The number of hydrazine groups is 1. The van der Waals surface area contributed by atoms with Crippen molar-refractivity contribution in [2.45, 2.75) is 13.0 Å². The summed E-state index contributed by atoms with van der Waals surface area (Å²) in [4.78, 5) is 8.97. The molecule has 1 aromatic carbocycles. The van der Waals surface area contributed by atoms with Gasteiger partial charge in [-0.25, -0.2) is 15.4 Å². The molecule has 0 saturated carbocycles. The second-order valence-electron chi connectivity index (χ2n) is 4.81. The fourth-order valence-corrected chi connectivity index (χ4v) is 2.45. The highest BCUT2D eigenvalue weighted by molar-refractivity contribution is 6.31. The van der Waals surface area contributed by atoms with Gasteiger partial charge < -0.3 is 5.11 Å². The third kappa shape index (κ3) is 2.17. The SMILES string of the molecule is CC1NN(C)c2nc3ccc(Cl)cc3nc2C(C#N)=C1O. The summed E-state index contributed by atoms with van der Waals surface area (Å²) in [5, 5.41) is 21.7. The van der Waals surface area contributed by atoms with Gasteiger partial charge in [-0.3, -0.25) is 5.01 Å². The number of aliphatic hydroxyl groups excluding tert-OH is 1. The fraction of sp³-hybridized carbons (Fsp3) is 0.214. The van der Waals surface area contributed by atoms with E-state index in [0.29, 0.717) is 27.6 Å². The summed E-state index contributed by atoms with van der Waals surface area (Å²) in [6, 6.07) is 6.78. The maximum atomic E-state index is 10.2. The number of hydrogen-bond donors (Lipinski definition) is 2. The third-order valence-corrected chi connectivity index (χ3v) is 3.56. The van der Waals surface area contributed by atoms with E-state index >= 15 is 0 Å². The molecule has 3 rings (SSSR count). The van der Waals surface area contributed by atoms with Gasteiger partial charge in [0.1, 0.15) is 23.1 Å². The van der Waals surface area contributed by atoms with Crippen molar-refractivity contribution >= 4 is 34.0 Å². The second kappa shape index (κ2) is 4.88. The highest BCUT2D eigenvalue weighted by Gasteiger charge is 2.27. The van der Waals surface area contributed by atoms with Crippen LogP contribution in [0.4, 0.5) is 5.82 Å². The zero-order valence-electron chi connectivity index (χ0n) is 11.4. The molecular formula is C14H12ClN5O. The summed E-state index contributed by atoms with van der Waals surface area (Å²) < 4.78 is 0. The number of halogens is 1. The van der Waals surface area contributed by atoms with Crippen molar-refractivity contribution in [3.05, 3.63) is 34.7 Å². The lowest BCUT2D eigenvalue weighted by Crippen LogP contribution is -2.41. The maximum Gasteiger partial charge on any atom is 0.170 e. The first-order chi connectivity index (χ1) is 10.0. The molecular weight excluding hydrogens is 290 g/mol. The van der Waals surface area contributed by atoms with Gasteiger partial charge >= 0.3 is 0 Å². The maximum absolute atomic E-state index is 10.2. The first kappa shape index (κ1) is 13.6. The lowest BCUT2D eigenvalue weighted by molar-refractivity contribution is 0.353. The van der Waals surface area contributed by atoms with Gasteiger partial charge in [0, 0.05) is 12.1 Å². The van der Waals surface area contributed by atoms with Gasteiger partial charge in [-0.05, 0) is 25.1 Å². The average molecular weight is 302 g/mol. The normalized spacial score (nSPS) is 18.4. The molecule has 0 amide bonds. The van der Waals surface area contributed by atoms with Crippen LogP contribution in [0.3, 0.4) is 0 Å². The fourth-order valence-electron chi connectivity index (χ4n) is 2.28. The van der Waals surface area contributed by atoms with Crippen molar-refractivity contribution in [2.24, 2.45) is 0 Å². The number of fused-ring (bicyclic) bond motifs is 2. The first-order valence-corrected chi connectivity index (χ1v) is 6.70. The minimum Gasteiger partial charge on any atom is -0.509 e. The molecule has 0 fully saturated rings. The Labute approximate surface area is 126 Å². The standard InChI is InChI=1S/C14H12ClN5O/c1-7-13(21)9(6-16)12-14(20(2)19-7)18-10-4-3-8(15)5-11(10)17-12/h3-5,7,19,21H,1-2H3. The predicted octanol–water partition coefficient (Wildman–Crippen LogP) is 2.42. The number of allylic oxidation sites excluding steroid dienone is 1. The van der Waals surface area contributed by atoms with E-state index in [4.69, 9.17) is 11.6 Å². The number of anilines is 1. The number of hydrogen-bond acceptors (Lipinski definition) is 6. The van der Waals surface area contributed by atoms with Gasteiger partial charge in [0.2, 0.25) is 0 Å². The van der Waals surface area contributed by atoms with Crippen LogP contribution in [-0.2, 0) is 0 Å². The molecule has 0 radical (unpaired) electrons. The van der Waals surface area contributed by atoms with Crippen LogP contribution in [0, 0.1) is 11.3 Å². The van der Waals surface area contributed by atoms with E-state index in [-0.39, 0.29) is 11.3 Å². The Morgan fingerprint density at radius 1 is 1.38 bits per heavy atom. The molecule has 0 bridgehead atoms. The van der Waals surface area contributed by atoms with Crippen LogP contribution in [0.5, 0.6) is 0 Å². The summed E-state index contributed by atoms with van der Waals surface area (Å²) in [5.41, 5.74) is 4.72. The van der Waals surface area contributed by atoms with Crippen LogP contribution in [-0.4, -0.2) is 28.2 Å². The van der Waals surface area contributed by atoms with E-state index < -0.39 is 6.04 Å². The molecule has 0 saturated heterocycles. The Morgan fingerprint density at radius 2 is 2.14 bits per heavy atom. The van der Waals surface area contributed by atoms with Gasteiger partial charge in [0.15, 0.2) is 5.82 Å². The quantitative estimate of drug-likeness (QED) is 0.777. The van der Waals surface area contributed by atoms with Crippen molar-refractivity contribution in [1.29, 1.82) is 5.26 Å². The highest BCUT2D eigenvalue weighted by Crippen LogP contribution is 2.30. The smallest absolute Gasteiger partial charge is 0.170 e. The Morgan fingerprint density at radius 3 is 2.86 bits per heavy atom.